The van der Waals surface area contributed by atoms with Crippen molar-refractivity contribution >= 4 is 6.29 Å². The topological polar surface area (TPSA) is 214 Å². The molecule has 0 fully saturated rings. The average Bonchev–Trinajstić information content (AvgIpc) is 2.82. The van der Waals surface area contributed by atoms with Crippen LogP contribution in [0.15, 0.2) is 5.18 Å². The van der Waals surface area contributed by atoms with Gasteiger partial charge in [-0.25, -0.2) is 0 Å². The largest absolute Gasteiger partial charge is 0.394 e. The summed E-state index contributed by atoms with van der Waals surface area (Å²) in [5, 5.41) is 57.6. The first-order valence-electron chi connectivity index (χ1n) is 10.0. The van der Waals surface area contributed by atoms with Crippen molar-refractivity contribution in [2.24, 2.45) is 5.18 Å². The van der Waals surface area contributed by atoms with Gasteiger partial charge in [0.1, 0.15) is 43.2 Å². The highest BCUT2D eigenvalue weighted by Gasteiger charge is 2.24. The summed E-state index contributed by atoms with van der Waals surface area (Å²) in [6.07, 6.45) is -5.14. The van der Waals surface area contributed by atoms with Crippen LogP contribution >= 0.6 is 0 Å². The van der Waals surface area contributed by atoms with Gasteiger partial charge in [-0.05, 0) is 0 Å². The normalized spacial score (nSPS) is 15.6. The van der Waals surface area contributed by atoms with E-state index in [1.54, 1.807) is 0 Å². The molecule has 0 aliphatic heterocycles. The summed E-state index contributed by atoms with van der Waals surface area (Å²) < 4.78 is 27.2. The lowest BCUT2D eigenvalue weighted by molar-refractivity contribution is -0.166. The monoisotopic (exact) mass is 473 g/mol. The summed E-state index contributed by atoms with van der Waals surface area (Å²) in [7, 11) is 0. The number of nitrogens with zero attached hydrogens (tertiary/aromatic N) is 1. The van der Waals surface area contributed by atoms with E-state index in [2.05, 4.69) is 5.18 Å². The van der Waals surface area contributed by atoms with Crippen molar-refractivity contribution in [3.8, 4) is 0 Å². The van der Waals surface area contributed by atoms with Gasteiger partial charge in [-0.3, -0.25) is 0 Å². The van der Waals surface area contributed by atoms with E-state index in [1.807, 2.05) is 0 Å². The molecule has 0 aliphatic rings. The number of carbonyl (C=O) groups excluding carboxylic acids is 1. The van der Waals surface area contributed by atoms with Crippen LogP contribution < -0.4 is 0 Å². The Morgan fingerprint density at radius 1 is 0.594 bits per heavy atom. The van der Waals surface area contributed by atoms with E-state index in [4.69, 9.17) is 49.2 Å². The fourth-order valence-corrected chi connectivity index (χ4v) is 2.19. The van der Waals surface area contributed by atoms with E-state index >= 15 is 0 Å². The fourth-order valence-electron chi connectivity index (χ4n) is 2.19. The van der Waals surface area contributed by atoms with Crippen molar-refractivity contribution in [3.05, 3.63) is 4.91 Å². The third-order valence-corrected chi connectivity index (χ3v) is 4.06. The maximum absolute atomic E-state index is 10.9. The number of rotatable bonds is 23. The van der Waals surface area contributed by atoms with Crippen LogP contribution in [0.2, 0.25) is 0 Å². The summed E-state index contributed by atoms with van der Waals surface area (Å²) in [6, 6.07) is 0. The molecular formula is C18H35NO13. The number of carbonyl (C=O) groups is 1. The Hall–Kier alpha value is -1.17. The molecule has 0 heterocycles. The molecule has 4 atom stereocenters. The minimum atomic E-state index is -1.11. The number of nitroso groups, excluding NO2 is 1. The van der Waals surface area contributed by atoms with E-state index in [0.29, 0.717) is 6.29 Å². The first kappa shape index (κ1) is 30.8. The highest BCUT2D eigenvalue weighted by Crippen LogP contribution is 2.09. The Morgan fingerprint density at radius 3 is 1.34 bits per heavy atom. The van der Waals surface area contributed by atoms with Crippen molar-refractivity contribution in [2.45, 2.75) is 36.6 Å². The van der Waals surface area contributed by atoms with Crippen molar-refractivity contribution < 1.29 is 59.1 Å². The van der Waals surface area contributed by atoms with Crippen LogP contribution in [0.4, 0.5) is 0 Å². The molecule has 0 saturated carbocycles. The van der Waals surface area contributed by atoms with Crippen LogP contribution in [-0.2, 0) is 28.5 Å². The van der Waals surface area contributed by atoms with Crippen LogP contribution in [0.1, 0.15) is 0 Å². The lowest BCUT2D eigenvalue weighted by Crippen LogP contribution is -2.40. The molecule has 0 aromatic rings. The lowest BCUT2D eigenvalue weighted by atomic mass is 10.3. The molecule has 0 saturated heterocycles. The molecule has 0 rings (SSSR count). The molecule has 4 unspecified atom stereocenters. The minimum Gasteiger partial charge on any atom is -0.394 e. The number of aliphatic hydroxyl groups excluding tert-OH is 6. The molecule has 0 radical (unpaired) electrons. The molecule has 0 aromatic heterocycles. The maximum atomic E-state index is 10.9. The maximum Gasteiger partial charge on any atom is 0.151 e. The molecule has 14 heteroatoms. The zero-order valence-corrected chi connectivity index (χ0v) is 17.8. The summed E-state index contributed by atoms with van der Waals surface area (Å²) in [6.45, 7) is -3.98. The second kappa shape index (κ2) is 20.4. The van der Waals surface area contributed by atoms with Gasteiger partial charge < -0.3 is 59.1 Å². The van der Waals surface area contributed by atoms with Crippen LogP contribution in [0.3, 0.4) is 0 Å². The summed E-state index contributed by atoms with van der Waals surface area (Å²) in [4.78, 5) is 21.3. The van der Waals surface area contributed by atoms with Gasteiger partial charge in [-0.1, -0.05) is 5.18 Å². The number of hydrogen-bond acceptors (Lipinski definition) is 14. The molecule has 32 heavy (non-hydrogen) atoms. The van der Waals surface area contributed by atoms with Crippen LogP contribution in [0.5, 0.6) is 0 Å². The van der Waals surface area contributed by atoms with Gasteiger partial charge in [-0.2, -0.15) is 4.91 Å². The van der Waals surface area contributed by atoms with Gasteiger partial charge in [-0.15, -0.1) is 0 Å². The van der Waals surface area contributed by atoms with Crippen molar-refractivity contribution in [1.29, 1.82) is 0 Å². The zero-order chi connectivity index (χ0) is 24.2. The first-order chi connectivity index (χ1) is 15.5. The van der Waals surface area contributed by atoms with E-state index in [1.165, 1.54) is 0 Å². The Labute approximate surface area is 185 Å². The zero-order valence-electron chi connectivity index (χ0n) is 17.8. The third-order valence-electron chi connectivity index (χ3n) is 4.06. The van der Waals surface area contributed by atoms with E-state index < -0.39 is 76.3 Å². The molecule has 6 N–H and O–H groups in total. The highest BCUT2D eigenvalue weighted by atomic mass is 16.6. The third kappa shape index (κ3) is 14.1. The molecule has 0 spiro atoms. The minimum absolute atomic E-state index is 0.185. The van der Waals surface area contributed by atoms with E-state index in [0.717, 1.165) is 0 Å². The van der Waals surface area contributed by atoms with Gasteiger partial charge in [0.05, 0.1) is 66.1 Å². The van der Waals surface area contributed by atoms with Crippen molar-refractivity contribution in [2.75, 3.05) is 72.6 Å². The number of hydrogen-bond donors (Lipinski definition) is 6. The summed E-state index contributed by atoms with van der Waals surface area (Å²) >= 11 is 0. The molecule has 0 aromatic carbocycles. The summed E-state index contributed by atoms with van der Waals surface area (Å²) in [5.41, 5.74) is 0. The molecular weight excluding hydrogens is 438 g/mol. The van der Waals surface area contributed by atoms with Crippen molar-refractivity contribution in [1.82, 2.24) is 0 Å². The number of aliphatic hydroxyl groups is 6. The Balaban J connectivity index is 5.21. The second-order valence-electron chi connectivity index (χ2n) is 6.66. The van der Waals surface area contributed by atoms with Crippen LogP contribution in [0.25, 0.3) is 0 Å². The first-order valence-corrected chi connectivity index (χ1v) is 10.0. The van der Waals surface area contributed by atoms with Gasteiger partial charge >= 0.3 is 0 Å². The Kier molecular flexibility index (Phi) is 19.7. The molecule has 190 valence electrons. The van der Waals surface area contributed by atoms with Gasteiger partial charge in [0.2, 0.25) is 0 Å². The predicted octanol–water partition coefficient (Wildman–Crippen LogP) is -3.80. The molecule has 0 aliphatic carbocycles. The van der Waals surface area contributed by atoms with Crippen LogP contribution in [-0.4, -0.2) is 146 Å². The standard InChI is InChI=1S/C18H35NO13/c20-2-13(1-19-27)28-9-17(10-29-14(3-21)4-22)32-18(11-30-15(5-23)6-24)12-31-16(7-25)8-26/h5,13-18,20-22,24-26H,1-4,6-12H2. The summed E-state index contributed by atoms with van der Waals surface area (Å²) in [5.74, 6) is 0. The Bertz CT molecular complexity index is 451. The van der Waals surface area contributed by atoms with Gasteiger partial charge in [0.15, 0.2) is 6.29 Å². The predicted molar refractivity (Wildman–Crippen MR) is 107 cm³/mol. The van der Waals surface area contributed by atoms with E-state index in [-0.39, 0.29) is 33.0 Å². The number of ether oxygens (including phenoxy) is 5. The van der Waals surface area contributed by atoms with Gasteiger partial charge in [0.25, 0.3) is 0 Å². The highest BCUT2D eigenvalue weighted by molar-refractivity contribution is 5.55. The van der Waals surface area contributed by atoms with Crippen molar-refractivity contribution in [3.63, 3.8) is 0 Å². The second-order valence-corrected chi connectivity index (χ2v) is 6.66. The molecule has 14 nitrogen and oxygen atoms in total. The quantitative estimate of drug-likeness (QED) is 0.0621. The van der Waals surface area contributed by atoms with Crippen LogP contribution in [0, 0.1) is 4.91 Å². The molecule has 0 bridgehead atoms. The fraction of sp³-hybridized carbons (Fsp3) is 0.944. The number of aldehydes is 1. The van der Waals surface area contributed by atoms with E-state index in [9.17, 15) is 14.8 Å². The van der Waals surface area contributed by atoms with Gasteiger partial charge in [0, 0.05) is 0 Å². The smallest absolute Gasteiger partial charge is 0.151 e. The Morgan fingerprint density at radius 2 is 1.00 bits per heavy atom. The molecule has 0 amide bonds. The average molecular weight is 473 g/mol. The SMILES string of the molecule is O=CC(CO)OCC(COC(CO)CO)OC(COC(CO)CO)COC(CO)CN=O. The lowest BCUT2D eigenvalue weighted by Gasteiger charge is -2.28.